The highest BCUT2D eigenvalue weighted by molar-refractivity contribution is 5.81. The molecule has 2 rings (SSSR count). The lowest BCUT2D eigenvalue weighted by atomic mass is 10.3. The van der Waals surface area contributed by atoms with E-state index < -0.39 is 17.1 Å². The van der Waals surface area contributed by atoms with Crippen molar-refractivity contribution in [3.63, 3.8) is 0 Å². The number of aromatic amines is 1. The number of furan rings is 1. The Morgan fingerprint density at radius 1 is 1.50 bits per heavy atom. The molecule has 0 spiro atoms. The number of hydrogen-bond donors (Lipinski definition) is 2. The van der Waals surface area contributed by atoms with Gasteiger partial charge in [-0.15, -0.1) is 0 Å². The Hall–Kier alpha value is -2.57. The van der Waals surface area contributed by atoms with Crippen LogP contribution in [0.1, 0.15) is 25.2 Å². The first kappa shape index (κ1) is 13.9. The average Bonchev–Trinajstić information content (AvgIpc) is 2.86. The number of rotatable bonds is 4. The van der Waals surface area contributed by atoms with E-state index in [1.165, 1.54) is 12.5 Å². The van der Waals surface area contributed by atoms with E-state index >= 15 is 0 Å². The van der Waals surface area contributed by atoms with E-state index in [0.29, 0.717) is 5.76 Å². The lowest BCUT2D eigenvalue weighted by Gasteiger charge is -2.08. The summed E-state index contributed by atoms with van der Waals surface area (Å²) < 4.78 is 6.14. The summed E-state index contributed by atoms with van der Waals surface area (Å²) in [6.07, 6.45) is 2.72. The lowest BCUT2D eigenvalue weighted by Crippen LogP contribution is -2.32. The van der Waals surface area contributed by atoms with Gasteiger partial charge in [-0.05, 0) is 26.0 Å². The SMILES string of the molecule is CC(C)N=Cc1c(O)n(Cc2ccco2)c(=O)[nH]c1=O. The Morgan fingerprint density at radius 3 is 2.85 bits per heavy atom. The van der Waals surface area contributed by atoms with Gasteiger partial charge >= 0.3 is 5.69 Å². The second-order valence-electron chi connectivity index (χ2n) is 4.53. The standard InChI is InChI=1S/C13H15N3O4/c1-8(2)14-6-10-11(17)15-13(19)16(12(10)18)7-9-4-3-5-20-9/h3-6,8,18H,7H2,1-2H3,(H,15,17,19). The summed E-state index contributed by atoms with van der Waals surface area (Å²) >= 11 is 0. The number of aromatic hydroxyl groups is 1. The van der Waals surface area contributed by atoms with Gasteiger partial charge in [0.15, 0.2) is 0 Å². The van der Waals surface area contributed by atoms with Crippen molar-refractivity contribution < 1.29 is 9.52 Å². The summed E-state index contributed by atoms with van der Waals surface area (Å²) in [5.41, 5.74) is -1.43. The fourth-order valence-corrected chi connectivity index (χ4v) is 1.62. The van der Waals surface area contributed by atoms with Gasteiger partial charge in [0.2, 0.25) is 5.88 Å². The molecular weight excluding hydrogens is 262 g/mol. The van der Waals surface area contributed by atoms with Crippen LogP contribution in [0.25, 0.3) is 0 Å². The zero-order chi connectivity index (χ0) is 14.7. The van der Waals surface area contributed by atoms with Gasteiger partial charge in [-0.3, -0.25) is 19.3 Å². The average molecular weight is 277 g/mol. The number of aromatic nitrogens is 2. The van der Waals surface area contributed by atoms with Gasteiger partial charge in [-0.1, -0.05) is 0 Å². The fraction of sp³-hybridized carbons (Fsp3) is 0.308. The zero-order valence-corrected chi connectivity index (χ0v) is 11.2. The topological polar surface area (TPSA) is 101 Å². The maximum absolute atomic E-state index is 11.7. The molecule has 0 amide bonds. The van der Waals surface area contributed by atoms with Crippen molar-refractivity contribution in [2.24, 2.45) is 4.99 Å². The molecule has 0 aliphatic carbocycles. The molecule has 0 fully saturated rings. The van der Waals surface area contributed by atoms with E-state index in [9.17, 15) is 14.7 Å². The van der Waals surface area contributed by atoms with Crippen LogP contribution in [0.5, 0.6) is 5.88 Å². The third-order valence-corrected chi connectivity index (χ3v) is 2.60. The van der Waals surface area contributed by atoms with Crippen LogP contribution in [-0.2, 0) is 6.54 Å². The number of nitrogens with zero attached hydrogens (tertiary/aromatic N) is 2. The second-order valence-corrected chi connectivity index (χ2v) is 4.53. The highest BCUT2D eigenvalue weighted by Crippen LogP contribution is 2.11. The lowest BCUT2D eigenvalue weighted by molar-refractivity contribution is 0.392. The molecule has 0 aliphatic heterocycles. The number of hydrogen-bond acceptors (Lipinski definition) is 5. The summed E-state index contributed by atoms with van der Waals surface area (Å²) in [5, 5.41) is 10.1. The van der Waals surface area contributed by atoms with Crippen LogP contribution in [0.2, 0.25) is 0 Å². The van der Waals surface area contributed by atoms with Crippen LogP contribution in [0.4, 0.5) is 0 Å². The maximum Gasteiger partial charge on any atom is 0.331 e. The fourth-order valence-electron chi connectivity index (χ4n) is 1.62. The molecule has 20 heavy (non-hydrogen) atoms. The van der Waals surface area contributed by atoms with E-state index in [0.717, 1.165) is 4.57 Å². The molecule has 7 heteroatoms. The third-order valence-electron chi connectivity index (χ3n) is 2.60. The molecule has 0 saturated heterocycles. The number of H-pyrrole nitrogens is 1. The zero-order valence-electron chi connectivity index (χ0n) is 11.2. The molecule has 0 radical (unpaired) electrons. The Bertz CT molecular complexity index is 723. The Morgan fingerprint density at radius 2 is 2.25 bits per heavy atom. The molecule has 0 aliphatic rings. The molecule has 2 aromatic heterocycles. The molecule has 2 N–H and O–H groups in total. The van der Waals surface area contributed by atoms with Crippen LogP contribution in [-0.4, -0.2) is 26.9 Å². The summed E-state index contributed by atoms with van der Waals surface area (Å²) in [6, 6.07) is 3.31. The van der Waals surface area contributed by atoms with Crippen molar-refractivity contribution in [2.45, 2.75) is 26.4 Å². The van der Waals surface area contributed by atoms with Crippen molar-refractivity contribution in [3.8, 4) is 5.88 Å². The minimum atomic E-state index is -0.703. The van der Waals surface area contributed by atoms with Crippen molar-refractivity contribution in [2.75, 3.05) is 0 Å². The van der Waals surface area contributed by atoms with Crippen LogP contribution < -0.4 is 11.2 Å². The molecule has 0 aromatic carbocycles. The number of nitrogens with one attached hydrogen (secondary N) is 1. The molecule has 2 heterocycles. The molecule has 2 aromatic rings. The van der Waals surface area contributed by atoms with E-state index in [2.05, 4.69) is 9.98 Å². The first-order valence-corrected chi connectivity index (χ1v) is 6.10. The smallest absolute Gasteiger partial charge is 0.331 e. The molecule has 0 bridgehead atoms. The van der Waals surface area contributed by atoms with Crippen molar-refractivity contribution in [1.82, 2.24) is 9.55 Å². The van der Waals surface area contributed by atoms with Gasteiger partial charge in [0, 0.05) is 12.3 Å². The maximum atomic E-state index is 11.7. The minimum absolute atomic E-state index is 0.0248. The van der Waals surface area contributed by atoms with Gasteiger partial charge < -0.3 is 9.52 Å². The van der Waals surface area contributed by atoms with Gasteiger partial charge in [-0.2, -0.15) is 0 Å². The summed E-state index contributed by atoms with van der Waals surface area (Å²) in [4.78, 5) is 29.6. The molecule has 0 unspecified atom stereocenters. The van der Waals surface area contributed by atoms with Crippen molar-refractivity contribution in [1.29, 1.82) is 0 Å². The van der Waals surface area contributed by atoms with Crippen molar-refractivity contribution >= 4 is 6.21 Å². The number of aliphatic imine (C=N–C) groups is 1. The minimum Gasteiger partial charge on any atom is -0.494 e. The van der Waals surface area contributed by atoms with Gasteiger partial charge in [0.1, 0.15) is 11.3 Å². The van der Waals surface area contributed by atoms with E-state index in [1.54, 1.807) is 12.1 Å². The Labute approximate surface area is 114 Å². The van der Waals surface area contributed by atoms with E-state index in [-0.39, 0.29) is 18.2 Å². The Kier molecular flexibility index (Phi) is 3.88. The predicted octanol–water partition coefficient (Wildman–Crippen LogP) is 0.711. The first-order chi connectivity index (χ1) is 9.49. The quantitative estimate of drug-likeness (QED) is 0.804. The predicted molar refractivity (Wildman–Crippen MR) is 73.5 cm³/mol. The van der Waals surface area contributed by atoms with Gasteiger partial charge in [0.25, 0.3) is 5.56 Å². The normalized spacial score (nSPS) is 11.6. The van der Waals surface area contributed by atoms with Crippen LogP contribution in [0.15, 0.2) is 37.4 Å². The monoisotopic (exact) mass is 277 g/mol. The van der Waals surface area contributed by atoms with E-state index in [4.69, 9.17) is 4.42 Å². The molecule has 106 valence electrons. The largest absolute Gasteiger partial charge is 0.494 e. The summed E-state index contributed by atoms with van der Waals surface area (Å²) in [5.74, 6) is 0.0562. The van der Waals surface area contributed by atoms with Crippen LogP contribution in [0.3, 0.4) is 0 Å². The highest BCUT2D eigenvalue weighted by Gasteiger charge is 2.13. The third kappa shape index (κ3) is 2.87. The van der Waals surface area contributed by atoms with Crippen LogP contribution in [0, 0.1) is 0 Å². The molecule has 0 atom stereocenters. The second kappa shape index (κ2) is 5.60. The summed E-state index contributed by atoms with van der Waals surface area (Å²) in [7, 11) is 0. The van der Waals surface area contributed by atoms with Crippen LogP contribution >= 0.6 is 0 Å². The molecule has 7 nitrogen and oxygen atoms in total. The first-order valence-electron chi connectivity index (χ1n) is 6.10. The Balaban J connectivity index is 2.50. The van der Waals surface area contributed by atoms with Crippen molar-refractivity contribution in [3.05, 3.63) is 50.6 Å². The molecule has 0 saturated carbocycles. The van der Waals surface area contributed by atoms with E-state index in [1.807, 2.05) is 13.8 Å². The summed E-state index contributed by atoms with van der Waals surface area (Å²) in [6.45, 7) is 3.69. The highest BCUT2D eigenvalue weighted by atomic mass is 16.3. The van der Waals surface area contributed by atoms with Gasteiger partial charge in [0.05, 0.1) is 12.8 Å². The van der Waals surface area contributed by atoms with Gasteiger partial charge in [-0.25, -0.2) is 4.79 Å². The molecular formula is C13H15N3O4.